The number of carbonyl (C=O) groups excluding carboxylic acids is 2. The highest BCUT2D eigenvalue weighted by atomic mass is 16.5. The van der Waals surface area contributed by atoms with Crippen LogP contribution in [0.1, 0.15) is 30.0 Å². The molecule has 2 aliphatic rings. The zero-order valence-corrected chi connectivity index (χ0v) is 17.9. The van der Waals surface area contributed by atoms with E-state index in [2.05, 4.69) is 0 Å². The van der Waals surface area contributed by atoms with Crippen molar-refractivity contribution < 1.29 is 23.8 Å². The first-order chi connectivity index (χ1) is 15.4. The van der Waals surface area contributed by atoms with Crippen molar-refractivity contribution in [2.45, 2.75) is 25.5 Å². The first-order valence-electron chi connectivity index (χ1n) is 10.6. The van der Waals surface area contributed by atoms with E-state index in [9.17, 15) is 14.7 Å². The monoisotopic (exact) mass is 432 g/mol. The summed E-state index contributed by atoms with van der Waals surface area (Å²) in [6.45, 7) is 4.42. The van der Waals surface area contributed by atoms with Gasteiger partial charge in [-0.2, -0.15) is 0 Å². The van der Waals surface area contributed by atoms with E-state index >= 15 is 0 Å². The van der Waals surface area contributed by atoms with Gasteiger partial charge in [0.2, 0.25) is 5.91 Å². The maximum absolute atomic E-state index is 13.2. The lowest BCUT2D eigenvalue weighted by molar-refractivity contribution is -0.184. The molecule has 0 saturated carbocycles. The summed E-state index contributed by atoms with van der Waals surface area (Å²) in [5, 5.41) is 10.5. The highest BCUT2D eigenvalue weighted by molar-refractivity contribution is 6.10. The van der Waals surface area contributed by atoms with Gasteiger partial charge in [-0.3, -0.25) is 9.59 Å². The predicted molar refractivity (Wildman–Crippen MR) is 120 cm³/mol. The van der Waals surface area contributed by atoms with E-state index in [1.54, 1.807) is 21.9 Å². The number of benzene rings is 2. The van der Waals surface area contributed by atoms with Crippen molar-refractivity contribution in [3.8, 4) is 11.1 Å². The molecule has 164 valence electrons. The van der Waals surface area contributed by atoms with E-state index in [0.717, 1.165) is 16.7 Å². The zero-order valence-electron chi connectivity index (χ0n) is 17.9. The summed E-state index contributed by atoms with van der Waals surface area (Å²) in [5.74, 6) is -0.0620. The van der Waals surface area contributed by atoms with Crippen LogP contribution < -0.4 is 9.80 Å². The van der Waals surface area contributed by atoms with Crippen LogP contribution in [0.25, 0.3) is 11.1 Å². The summed E-state index contributed by atoms with van der Waals surface area (Å²) in [6, 6.07) is 16.6. The number of fused-ring (bicyclic) bond motifs is 1. The fraction of sp³-hybridized carbons (Fsp3) is 0.280. The van der Waals surface area contributed by atoms with Crippen LogP contribution in [0, 0.1) is 0 Å². The molecule has 2 aliphatic heterocycles. The molecule has 2 aromatic carbocycles. The number of hydrogen-bond donors (Lipinski definition) is 1. The normalized spacial score (nSPS) is 19.3. The molecule has 1 unspecified atom stereocenters. The number of carbonyl (C=O) groups is 2. The smallest absolute Gasteiger partial charge is 0.294 e. The van der Waals surface area contributed by atoms with Crippen LogP contribution in [-0.2, 0) is 15.1 Å². The minimum atomic E-state index is -0.918. The number of furan rings is 1. The number of rotatable bonds is 3. The van der Waals surface area contributed by atoms with Crippen molar-refractivity contribution in [1.82, 2.24) is 0 Å². The fourth-order valence-corrected chi connectivity index (χ4v) is 4.45. The van der Waals surface area contributed by atoms with Crippen LogP contribution in [0.5, 0.6) is 0 Å². The maximum Gasteiger partial charge on any atom is 0.294 e. The second-order valence-corrected chi connectivity index (χ2v) is 8.44. The van der Waals surface area contributed by atoms with Gasteiger partial charge in [-0.25, -0.2) is 0 Å². The summed E-state index contributed by atoms with van der Waals surface area (Å²) in [4.78, 5) is 28.9. The lowest BCUT2D eigenvalue weighted by Crippen LogP contribution is -2.51. The van der Waals surface area contributed by atoms with Gasteiger partial charge >= 0.3 is 0 Å². The van der Waals surface area contributed by atoms with Gasteiger partial charge in [-0.15, -0.1) is 0 Å². The minimum absolute atomic E-state index is 0.0723. The minimum Gasteiger partial charge on any atom is -0.459 e. The Kier molecular flexibility index (Phi) is 4.87. The summed E-state index contributed by atoms with van der Waals surface area (Å²) in [7, 11) is 0. The van der Waals surface area contributed by atoms with E-state index < -0.39 is 5.60 Å². The molecule has 5 rings (SSSR count). The Balaban J connectivity index is 1.55. The third kappa shape index (κ3) is 3.30. The fourth-order valence-electron chi connectivity index (χ4n) is 4.45. The molecule has 1 saturated heterocycles. The Morgan fingerprint density at radius 2 is 1.75 bits per heavy atom. The average molecular weight is 432 g/mol. The molecule has 7 heteroatoms. The average Bonchev–Trinajstić information content (AvgIpc) is 3.31. The number of anilines is 2. The second kappa shape index (κ2) is 7.62. The molecule has 0 aliphatic carbocycles. The van der Waals surface area contributed by atoms with Crippen molar-refractivity contribution in [1.29, 1.82) is 0 Å². The highest BCUT2D eigenvalue weighted by Crippen LogP contribution is 2.40. The SMILES string of the molecule is CC(=O)N1c2ccc(-c3ccc(C4(O)COC4)cc3)cc2N(C(=O)c2ccco2)CC1C. The van der Waals surface area contributed by atoms with Crippen LogP contribution in [0.2, 0.25) is 0 Å². The Hall–Kier alpha value is -3.42. The maximum atomic E-state index is 13.2. The summed E-state index contributed by atoms with van der Waals surface area (Å²) in [6.07, 6.45) is 1.47. The van der Waals surface area contributed by atoms with Gasteiger partial charge in [0.1, 0.15) is 5.60 Å². The number of ether oxygens (including phenoxy) is 1. The molecule has 1 atom stereocenters. The topological polar surface area (TPSA) is 83.2 Å². The third-order valence-electron chi connectivity index (χ3n) is 6.17. The van der Waals surface area contributed by atoms with Crippen LogP contribution in [-0.4, -0.2) is 42.7 Å². The summed E-state index contributed by atoms with van der Waals surface area (Å²) >= 11 is 0. The third-order valence-corrected chi connectivity index (χ3v) is 6.17. The van der Waals surface area contributed by atoms with Gasteiger partial charge < -0.3 is 24.1 Å². The Labute approximate surface area is 185 Å². The molecule has 0 bridgehead atoms. The molecular formula is C25H24N2O5. The van der Waals surface area contributed by atoms with E-state index in [4.69, 9.17) is 9.15 Å². The largest absolute Gasteiger partial charge is 0.459 e. The van der Waals surface area contributed by atoms with Crippen molar-refractivity contribution in [3.05, 3.63) is 72.2 Å². The Morgan fingerprint density at radius 3 is 2.34 bits per heavy atom. The molecule has 7 nitrogen and oxygen atoms in total. The molecule has 1 N–H and O–H groups in total. The van der Waals surface area contributed by atoms with Gasteiger partial charge in [0.15, 0.2) is 5.76 Å². The highest BCUT2D eigenvalue weighted by Gasteiger charge is 2.38. The predicted octanol–water partition coefficient (Wildman–Crippen LogP) is 3.57. The van der Waals surface area contributed by atoms with Gasteiger partial charge in [-0.1, -0.05) is 30.3 Å². The summed E-state index contributed by atoms with van der Waals surface area (Å²) in [5.41, 5.74) is 3.10. The van der Waals surface area contributed by atoms with E-state index in [0.29, 0.717) is 31.1 Å². The van der Waals surface area contributed by atoms with Crippen LogP contribution in [0.3, 0.4) is 0 Å². The standard InChI is InChI=1S/C25H24N2O5/c1-16-13-26(24(29)23-4-3-11-32-23)22-12-19(7-10-21(22)27(16)17(2)28)18-5-8-20(9-6-18)25(30)14-31-15-25/h3-12,16,30H,13-15H2,1-2H3. The van der Waals surface area contributed by atoms with Gasteiger partial charge in [-0.05, 0) is 47.9 Å². The van der Waals surface area contributed by atoms with Crippen molar-refractivity contribution in [2.24, 2.45) is 0 Å². The van der Waals surface area contributed by atoms with Crippen molar-refractivity contribution in [2.75, 3.05) is 29.6 Å². The Morgan fingerprint density at radius 1 is 1.03 bits per heavy atom. The van der Waals surface area contributed by atoms with Gasteiger partial charge in [0.25, 0.3) is 5.91 Å². The molecule has 0 radical (unpaired) electrons. The van der Waals surface area contributed by atoms with E-state index in [-0.39, 0.29) is 23.6 Å². The lowest BCUT2D eigenvalue weighted by Gasteiger charge is -2.40. The van der Waals surface area contributed by atoms with Gasteiger partial charge in [0, 0.05) is 13.5 Å². The van der Waals surface area contributed by atoms with Crippen LogP contribution in [0.4, 0.5) is 11.4 Å². The molecule has 1 aromatic heterocycles. The number of amides is 2. The molecular weight excluding hydrogens is 408 g/mol. The molecule has 32 heavy (non-hydrogen) atoms. The number of hydrogen-bond acceptors (Lipinski definition) is 5. The first kappa shape index (κ1) is 20.5. The molecule has 2 amide bonds. The van der Waals surface area contributed by atoms with E-state index in [1.807, 2.05) is 49.4 Å². The lowest BCUT2D eigenvalue weighted by atomic mass is 9.90. The molecule has 0 spiro atoms. The number of nitrogens with zero attached hydrogens (tertiary/aromatic N) is 2. The van der Waals surface area contributed by atoms with Crippen LogP contribution in [0.15, 0.2) is 65.3 Å². The van der Waals surface area contributed by atoms with Crippen molar-refractivity contribution in [3.63, 3.8) is 0 Å². The van der Waals surface area contributed by atoms with Crippen molar-refractivity contribution >= 4 is 23.2 Å². The molecule has 3 aromatic rings. The zero-order chi connectivity index (χ0) is 22.5. The molecule has 3 heterocycles. The quantitative estimate of drug-likeness (QED) is 0.684. The van der Waals surface area contributed by atoms with Crippen LogP contribution >= 0.6 is 0 Å². The Bertz CT molecular complexity index is 1170. The number of aliphatic hydroxyl groups is 1. The van der Waals surface area contributed by atoms with Gasteiger partial charge in [0.05, 0.1) is 36.9 Å². The first-order valence-corrected chi connectivity index (χ1v) is 10.6. The second-order valence-electron chi connectivity index (χ2n) is 8.44. The summed E-state index contributed by atoms with van der Waals surface area (Å²) < 4.78 is 10.5. The van der Waals surface area contributed by atoms with E-state index in [1.165, 1.54) is 13.2 Å². The molecule has 1 fully saturated rings.